The molecule has 0 saturated carbocycles. The Morgan fingerprint density at radius 3 is 2.55 bits per heavy atom. The van der Waals surface area contributed by atoms with Crippen molar-refractivity contribution in [1.29, 1.82) is 0 Å². The molecule has 1 aromatic heterocycles. The van der Waals surface area contributed by atoms with Gasteiger partial charge in [0, 0.05) is 24.3 Å². The molecule has 0 fully saturated rings. The third-order valence-corrected chi connectivity index (χ3v) is 3.37. The number of nitrogens with one attached hydrogen (secondary N) is 1. The predicted octanol–water partition coefficient (Wildman–Crippen LogP) is 4.24. The summed E-state index contributed by atoms with van der Waals surface area (Å²) in [6.45, 7) is 10.2. The van der Waals surface area contributed by atoms with Crippen LogP contribution in [-0.2, 0) is 6.54 Å². The number of hydrogen-bond acceptors (Lipinski definition) is 3. The second kappa shape index (κ2) is 9.76. The molecule has 0 spiro atoms. The summed E-state index contributed by atoms with van der Waals surface area (Å²) in [4.78, 5) is 4.52. The Balaban J connectivity index is 2.31. The van der Waals surface area contributed by atoms with E-state index in [1.165, 1.54) is 31.2 Å². The van der Waals surface area contributed by atoms with Crippen molar-refractivity contribution in [3.05, 3.63) is 23.4 Å². The molecule has 1 N–H and O–H groups in total. The summed E-state index contributed by atoms with van der Waals surface area (Å²) in [5, 5.41) is 3.41. The van der Waals surface area contributed by atoms with Crippen LogP contribution in [0.1, 0.15) is 64.1 Å². The zero-order valence-electron chi connectivity index (χ0n) is 13.5. The number of nitrogens with zero attached hydrogens (tertiary/aromatic N) is 1. The van der Waals surface area contributed by atoms with Crippen molar-refractivity contribution in [3.63, 3.8) is 0 Å². The maximum atomic E-state index is 5.72. The van der Waals surface area contributed by atoms with Crippen molar-refractivity contribution in [1.82, 2.24) is 10.3 Å². The van der Waals surface area contributed by atoms with Gasteiger partial charge in [-0.1, -0.05) is 52.5 Å². The highest BCUT2D eigenvalue weighted by Crippen LogP contribution is 2.13. The molecule has 1 rings (SSSR count). The van der Waals surface area contributed by atoms with Crippen molar-refractivity contribution < 1.29 is 4.74 Å². The minimum atomic E-state index is 0.494. The monoisotopic (exact) mass is 278 g/mol. The number of hydrogen-bond donors (Lipinski definition) is 1. The molecule has 1 aromatic rings. The van der Waals surface area contributed by atoms with Gasteiger partial charge in [-0.25, -0.2) is 4.98 Å². The van der Waals surface area contributed by atoms with E-state index in [0.29, 0.717) is 6.04 Å². The predicted molar refractivity (Wildman–Crippen MR) is 85.2 cm³/mol. The molecule has 3 nitrogen and oxygen atoms in total. The van der Waals surface area contributed by atoms with Gasteiger partial charge in [0.1, 0.15) is 0 Å². The normalized spacial score (nSPS) is 11.1. The van der Waals surface area contributed by atoms with Crippen LogP contribution in [0, 0.1) is 6.92 Å². The van der Waals surface area contributed by atoms with Crippen molar-refractivity contribution in [2.45, 2.75) is 72.4 Å². The summed E-state index contributed by atoms with van der Waals surface area (Å²) in [6, 6.07) is 4.59. The Morgan fingerprint density at radius 2 is 1.90 bits per heavy atom. The zero-order valence-corrected chi connectivity index (χ0v) is 13.5. The molecule has 114 valence electrons. The number of rotatable bonds is 10. The maximum absolute atomic E-state index is 5.72. The van der Waals surface area contributed by atoms with Crippen molar-refractivity contribution in [2.75, 3.05) is 6.61 Å². The van der Waals surface area contributed by atoms with Crippen LogP contribution < -0.4 is 10.1 Å². The first kappa shape index (κ1) is 17.0. The van der Waals surface area contributed by atoms with E-state index in [4.69, 9.17) is 4.74 Å². The van der Waals surface area contributed by atoms with E-state index in [-0.39, 0.29) is 0 Å². The highest BCUT2D eigenvalue weighted by atomic mass is 16.5. The molecule has 0 aliphatic carbocycles. The Hall–Kier alpha value is -1.09. The summed E-state index contributed by atoms with van der Waals surface area (Å²) >= 11 is 0. The quantitative estimate of drug-likeness (QED) is 0.650. The Kier molecular flexibility index (Phi) is 8.28. The minimum Gasteiger partial charge on any atom is -0.478 e. The second-order valence-electron chi connectivity index (χ2n) is 5.69. The highest BCUT2D eigenvalue weighted by molar-refractivity contribution is 5.24. The molecule has 0 aromatic carbocycles. The first-order chi connectivity index (χ1) is 9.63. The Morgan fingerprint density at radius 1 is 1.15 bits per heavy atom. The molecule has 0 saturated heterocycles. The molecule has 20 heavy (non-hydrogen) atoms. The minimum absolute atomic E-state index is 0.494. The molecular weight excluding hydrogens is 248 g/mol. The van der Waals surface area contributed by atoms with E-state index in [1.54, 1.807) is 0 Å². The first-order valence-corrected chi connectivity index (χ1v) is 7.96. The molecule has 0 atom stereocenters. The molecule has 0 aliphatic rings. The number of aromatic nitrogens is 1. The molecule has 0 amide bonds. The average Bonchev–Trinajstić information content (AvgIpc) is 2.41. The molecule has 0 unspecified atom stereocenters. The third-order valence-electron chi connectivity index (χ3n) is 3.37. The zero-order chi connectivity index (χ0) is 14.8. The smallest absolute Gasteiger partial charge is 0.213 e. The lowest BCUT2D eigenvalue weighted by molar-refractivity contribution is 0.292. The summed E-state index contributed by atoms with van der Waals surface area (Å²) < 4.78 is 5.72. The van der Waals surface area contributed by atoms with Crippen LogP contribution in [0.25, 0.3) is 0 Å². The van der Waals surface area contributed by atoms with Crippen LogP contribution >= 0.6 is 0 Å². The summed E-state index contributed by atoms with van der Waals surface area (Å²) in [6.07, 6.45) is 6.30. The van der Waals surface area contributed by atoms with E-state index < -0.39 is 0 Å². The van der Waals surface area contributed by atoms with E-state index in [1.807, 2.05) is 13.0 Å². The van der Waals surface area contributed by atoms with Gasteiger partial charge in [-0.3, -0.25) is 0 Å². The summed E-state index contributed by atoms with van der Waals surface area (Å²) in [5.74, 6) is 0.756. The standard InChI is InChI=1S/C17H30N2O/c1-5-6-7-8-9-12-20-17-11-10-16(15(4)19-17)13-18-14(2)3/h10-11,14,18H,5-9,12-13H2,1-4H3. The molecule has 1 heterocycles. The van der Waals surface area contributed by atoms with Crippen LogP contribution in [-0.4, -0.2) is 17.6 Å². The van der Waals surface area contributed by atoms with E-state index in [2.05, 4.69) is 37.1 Å². The average molecular weight is 278 g/mol. The summed E-state index contributed by atoms with van der Waals surface area (Å²) in [7, 11) is 0. The lowest BCUT2D eigenvalue weighted by atomic mass is 10.2. The lowest BCUT2D eigenvalue weighted by Gasteiger charge is -2.11. The fraction of sp³-hybridized carbons (Fsp3) is 0.706. The second-order valence-corrected chi connectivity index (χ2v) is 5.69. The maximum Gasteiger partial charge on any atom is 0.213 e. The van der Waals surface area contributed by atoms with Gasteiger partial charge in [0.2, 0.25) is 5.88 Å². The van der Waals surface area contributed by atoms with Gasteiger partial charge < -0.3 is 10.1 Å². The van der Waals surface area contributed by atoms with E-state index in [0.717, 1.165) is 31.1 Å². The van der Waals surface area contributed by atoms with Gasteiger partial charge in [0.15, 0.2) is 0 Å². The fourth-order valence-electron chi connectivity index (χ4n) is 2.03. The van der Waals surface area contributed by atoms with Crippen molar-refractivity contribution in [2.24, 2.45) is 0 Å². The fourth-order valence-corrected chi connectivity index (χ4v) is 2.03. The molecule has 0 bridgehead atoms. The number of pyridine rings is 1. The largest absolute Gasteiger partial charge is 0.478 e. The van der Waals surface area contributed by atoms with Crippen molar-refractivity contribution >= 4 is 0 Å². The van der Waals surface area contributed by atoms with Gasteiger partial charge >= 0.3 is 0 Å². The summed E-state index contributed by atoms with van der Waals surface area (Å²) in [5.41, 5.74) is 2.30. The van der Waals surface area contributed by atoms with Gasteiger partial charge in [-0.2, -0.15) is 0 Å². The van der Waals surface area contributed by atoms with Crippen LogP contribution in [0.2, 0.25) is 0 Å². The molecule has 0 aliphatic heterocycles. The number of ether oxygens (including phenoxy) is 1. The van der Waals surface area contributed by atoms with Crippen LogP contribution in [0.3, 0.4) is 0 Å². The van der Waals surface area contributed by atoms with Crippen molar-refractivity contribution in [3.8, 4) is 5.88 Å². The van der Waals surface area contributed by atoms with Gasteiger partial charge in [0.25, 0.3) is 0 Å². The van der Waals surface area contributed by atoms with Crippen LogP contribution in [0.5, 0.6) is 5.88 Å². The third kappa shape index (κ3) is 6.90. The number of unbranched alkanes of at least 4 members (excludes halogenated alkanes) is 4. The molecule has 3 heteroatoms. The van der Waals surface area contributed by atoms with Gasteiger partial charge in [-0.15, -0.1) is 0 Å². The van der Waals surface area contributed by atoms with Crippen LogP contribution in [0.15, 0.2) is 12.1 Å². The van der Waals surface area contributed by atoms with E-state index in [9.17, 15) is 0 Å². The van der Waals surface area contributed by atoms with Gasteiger partial charge in [0.05, 0.1) is 6.61 Å². The number of aryl methyl sites for hydroxylation is 1. The highest BCUT2D eigenvalue weighted by Gasteiger charge is 2.03. The van der Waals surface area contributed by atoms with E-state index >= 15 is 0 Å². The van der Waals surface area contributed by atoms with Crippen LogP contribution in [0.4, 0.5) is 0 Å². The topological polar surface area (TPSA) is 34.1 Å². The Bertz CT molecular complexity index is 377. The molecular formula is C17H30N2O. The Labute approximate surface area is 124 Å². The lowest BCUT2D eigenvalue weighted by Crippen LogP contribution is -2.22. The van der Waals surface area contributed by atoms with Gasteiger partial charge in [-0.05, 0) is 18.9 Å². The first-order valence-electron chi connectivity index (χ1n) is 7.96. The SMILES string of the molecule is CCCCCCCOc1ccc(CNC(C)C)c(C)n1. The molecule has 0 radical (unpaired) electrons.